The van der Waals surface area contributed by atoms with Crippen LogP contribution in [0.4, 0.5) is 20.2 Å². The molecule has 2 aliphatic rings. The summed E-state index contributed by atoms with van der Waals surface area (Å²) in [7, 11) is 0. The summed E-state index contributed by atoms with van der Waals surface area (Å²) in [6, 6.07) is 12.8. The minimum atomic E-state index is -1.44. The van der Waals surface area contributed by atoms with Crippen molar-refractivity contribution in [3.63, 3.8) is 0 Å². The maximum Gasteiger partial charge on any atom is 0.161 e. The molecule has 0 bridgehead atoms. The number of rotatable bonds is 7. The second kappa shape index (κ2) is 11.0. The molecule has 2 aromatic carbocycles. The van der Waals surface area contributed by atoms with Crippen LogP contribution in [0.2, 0.25) is 0 Å². The van der Waals surface area contributed by atoms with Gasteiger partial charge in [0.15, 0.2) is 5.82 Å². The molecule has 6 rings (SSSR count). The van der Waals surface area contributed by atoms with Crippen LogP contribution in [0.15, 0.2) is 61.4 Å². The molecule has 202 valence electrons. The minimum absolute atomic E-state index is 0.0148. The van der Waals surface area contributed by atoms with Crippen molar-refractivity contribution in [2.75, 3.05) is 35.8 Å². The number of nitrogens with one attached hydrogen (secondary N) is 3. The molecule has 1 saturated heterocycles. The Morgan fingerprint density at radius 3 is 2.54 bits per heavy atom. The van der Waals surface area contributed by atoms with E-state index in [1.54, 1.807) is 12.4 Å². The van der Waals surface area contributed by atoms with E-state index >= 15 is 8.78 Å². The number of aromatic amines is 1. The summed E-state index contributed by atoms with van der Waals surface area (Å²) >= 11 is -1.44. The van der Waals surface area contributed by atoms with Gasteiger partial charge in [-0.1, -0.05) is 18.7 Å². The van der Waals surface area contributed by atoms with Gasteiger partial charge in [-0.3, -0.25) is 0 Å². The third-order valence-electron chi connectivity index (χ3n) is 7.75. The van der Waals surface area contributed by atoms with Crippen molar-refractivity contribution in [3.8, 4) is 11.1 Å². The standard InChI is InChI=1S/C30H31F2N5OS/c1-19(28-26(31)10-11-27(29(28)32)36-39(38)23-4-2-3-5-23)25-18-35-30-24(25)16-21(17-34-30)20-6-8-22(9-7-20)37-14-12-33-13-15-37/h6-11,16-18,23,33,36H,1-5,12-15H2,(H,34,35). The number of aromatic nitrogens is 2. The van der Waals surface area contributed by atoms with Crippen LogP contribution >= 0.6 is 0 Å². The first-order chi connectivity index (χ1) is 19.0. The lowest BCUT2D eigenvalue weighted by molar-refractivity contribution is 0.574. The average molecular weight is 548 g/mol. The number of H-pyrrole nitrogens is 1. The second-order valence-corrected chi connectivity index (χ2v) is 11.6. The van der Waals surface area contributed by atoms with E-state index in [0.717, 1.165) is 68.4 Å². The summed E-state index contributed by atoms with van der Waals surface area (Å²) in [5.41, 5.74) is 4.20. The molecule has 1 atom stereocenters. The van der Waals surface area contributed by atoms with Crippen LogP contribution in [-0.2, 0) is 11.4 Å². The van der Waals surface area contributed by atoms with Gasteiger partial charge in [0.25, 0.3) is 0 Å². The quantitative estimate of drug-likeness (QED) is 0.248. The molecule has 9 heteroatoms. The Balaban J connectivity index is 1.29. The van der Waals surface area contributed by atoms with E-state index in [1.165, 1.54) is 17.8 Å². The average Bonchev–Trinajstić information content (AvgIpc) is 3.66. The number of halogens is 2. The maximum atomic E-state index is 15.6. The van der Waals surface area contributed by atoms with E-state index in [-0.39, 0.29) is 22.1 Å². The highest BCUT2D eigenvalue weighted by Gasteiger charge is 2.29. The number of benzene rings is 2. The topological polar surface area (TPSA) is 79.0 Å². The zero-order valence-corrected chi connectivity index (χ0v) is 22.4. The molecule has 0 spiro atoms. The molecule has 1 aliphatic heterocycles. The first-order valence-electron chi connectivity index (χ1n) is 13.4. The Kier molecular flexibility index (Phi) is 7.29. The number of fused-ring (bicyclic) bond motifs is 1. The third-order valence-corrected chi connectivity index (χ3v) is 9.25. The van der Waals surface area contributed by atoms with Crippen LogP contribution in [0.3, 0.4) is 0 Å². The van der Waals surface area contributed by atoms with E-state index in [0.29, 0.717) is 11.2 Å². The molecule has 0 radical (unpaired) electrons. The predicted octanol–water partition coefficient (Wildman–Crippen LogP) is 6.00. The third kappa shape index (κ3) is 5.14. The van der Waals surface area contributed by atoms with Crippen LogP contribution < -0.4 is 14.9 Å². The van der Waals surface area contributed by atoms with Crippen molar-refractivity contribution in [1.82, 2.24) is 15.3 Å². The molecule has 1 aliphatic carbocycles. The van der Waals surface area contributed by atoms with Crippen molar-refractivity contribution >= 4 is 39.3 Å². The lowest BCUT2D eigenvalue weighted by Gasteiger charge is -2.29. The molecule has 39 heavy (non-hydrogen) atoms. The molecule has 6 nitrogen and oxygen atoms in total. The van der Waals surface area contributed by atoms with Crippen molar-refractivity contribution in [2.45, 2.75) is 30.9 Å². The Labute approximate surface area is 229 Å². The SMILES string of the molecule is C=C(c1c(F)ccc(N[S+]([O-])C2CCCC2)c1F)c1c[nH]c2ncc(-c3ccc(N4CCNCC4)cc3)cc12. The molecule has 4 aromatic rings. The lowest BCUT2D eigenvalue weighted by atomic mass is 9.97. The summed E-state index contributed by atoms with van der Waals surface area (Å²) in [5, 5.41) is 4.06. The van der Waals surface area contributed by atoms with Gasteiger partial charge in [-0.25, -0.2) is 18.5 Å². The normalized spacial score (nSPS) is 17.1. The molecule has 0 amide bonds. The number of piperazine rings is 1. The second-order valence-electron chi connectivity index (χ2n) is 10.2. The fraction of sp³-hybridized carbons (Fsp3) is 0.300. The summed E-state index contributed by atoms with van der Waals surface area (Å²) in [6.07, 6.45) is 7.17. The van der Waals surface area contributed by atoms with Gasteiger partial charge >= 0.3 is 0 Å². The Bertz CT molecular complexity index is 1490. The summed E-state index contributed by atoms with van der Waals surface area (Å²) < 4.78 is 46.1. The summed E-state index contributed by atoms with van der Waals surface area (Å²) in [4.78, 5) is 10.0. The Morgan fingerprint density at radius 1 is 1.05 bits per heavy atom. The van der Waals surface area contributed by atoms with Crippen molar-refractivity contribution in [1.29, 1.82) is 0 Å². The van der Waals surface area contributed by atoms with Crippen LogP contribution in [-0.4, -0.2) is 45.9 Å². The first kappa shape index (κ1) is 25.9. The largest absolute Gasteiger partial charge is 0.593 e. The van der Waals surface area contributed by atoms with Crippen molar-refractivity contribution in [3.05, 3.63) is 84.2 Å². The van der Waals surface area contributed by atoms with E-state index < -0.39 is 23.0 Å². The number of anilines is 2. The predicted molar refractivity (Wildman–Crippen MR) is 155 cm³/mol. The van der Waals surface area contributed by atoms with Gasteiger partial charge in [-0.2, -0.15) is 0 Å². The van der Waals surface area contributed by atoms with Gasteiger partial charge in [0.2, 0.25) is 0 Å². The van der Waals surface area contributed by atoms with Crippen molar-refractivity contribution < 1.29 is 13.3 Å². The summed E-state index contributed by atoms with van der Waals surface area (Å²) in [5.74, 6) is -1.52. The Morgan fingerprint density at radius 2 is 1.79 bits per heavy atom. The highest BCUT2D eigenvalue weighted by Crippen LogP contribution is 2.36. The smallest absolute Gasteiger partial charge is 0.161 e. The fourth-order valence-electron chi connectivity index (χ4n) is 5.54. The highest BCUT2D eigenvalue weighted by molar-refractivity contribution is 7.93. The molecule has 1 saturated carbocycles. The zero-order chi connectivity index (χ0) is 26.9. The fourth-order valence-corrected chi connectivity index (χ4v) is 6.84. The molecular weight excluding hydrogens is 516 g/mol. The number of hydrogen-bond acceptors (Lipinski definition) is 5. The van der Waals surface area contributed by atoms with Crippen LogP contribution in [0.5, 0.6) is 0 Å². The molecule has 2 aromatic heterocycles. The van der Waals surface area contributed by atoms with Gasteiger partial charge in [0.05, 0.1) is 16.9 Å². The van der Waals surface area contributed by atoms with E-state index in [2.05, 4.69) is 55.8 Å². The van der Waals surface area contributed by atoms with Crippen LogP contribution in [0, 0.1) is 11.6 Å². The van der Waals surface area contributed by atoms with Gasteiger partial charge in [-0.15, -0.1) is 0 Å². The first-order valence-corrected chi connectivity index (χ1v) is 14.6. The lowest BCUT2D eigenvalue weighted by Crippen LogP contribution is -2.43. The van der Waals surface area contributed by atoms with Crippen LogP contribution in [0.25, 0.3) is 27.7 Å². The number of hydrogen-bond donors (Lipinski definition) is 3. The molecule has 3 heterocycles. The van der Waals surface area contributed by atoms with Gasteiger partial charge < -0.3 is 19.8 Å². The summed E-state index contributed by atoms with van der Waals surface area (Å²) in [6.45, 7) is 7.96. The molecule has 3 N–H and O–H groups in total. The minimum Gasteiger partial charge on any atom is -0.593 e. The van der Waals surface area contributed by atoms with Gasteiger partial charge in [-0.05, 0) is 67.2 Å². The van der Waals surface area contributed by atoms with E-state index in [1.807, 2.05) is 6.07 Å². The highest BCUT2D eigenvalue weighted by atomic mass is 32.2. The van der Waals surface area contributed by atoms with E-state index in [4.69, 9.17) is 0 Å². The van der Waals surface area contributed by atoms with E-state index in [9.17, 15) is 4.55 Å². The zero-order valence-electron chi connectivity index (χ0n) is 21.6. The van der Waals surface area contributed by atoms with Crippen LogP contribution in [0.1, 0.15) is 36.8 Å². The monoisotopic (exact) mass is 547 g/mol. The van der Waals surface area contributed by atoms with Gasteiger partial charge in [0, 0.05) is 60.8 Å². The van der Waals surface area contributed by atoms with Crippen molar-refractivity contribution in [2.24, 2.45) is 0 Å². The Hall–Kier alpha value is -3.40. The molecule has 1 unspecified atom stereocenters. The molecule has 2 fully saturated rings. The molecular formula is C30H31F2N5OS. The number of pyridine rings is 1. The van der Waals surface area contributed by atoms with Gasteiger partial charge in [0.1, 0.15) is 22.4 Å². The maximum absolute atomic E-state index is 15.6. The number of nitrogens with zero attached hydrogens (tertiary/aromatic N) is 2.